The van der Waals surface area contributed by atoms with Gasteiger partial charge in [0.05, 0.1) is 16.3 Å². The van der Waals surface area contributed by atoms with Crippen molar-refractivity contribution in [1.29, 1.82) is 0 Å². The third-order valence-corrected chi connectivity index (χ3v) is 6.24. The van der Waals surface area contributed by atoms with E-state index in [0.717, 1.165) is 17.1 Å². The lowest BCUT2D eigenvalue weighted by Crippen LogP contribution is -2.33. The van der Waals surface area contributed by atoms with Gasteiger partial charge in [-0.1, -0.05) is 17.7 Å². The molecule has 0 spiro atoms. The number of carboxylic acid groups (broad SMARTS) is 1. The lowest BCUT2D eigenvalue weighted by Gasteiger charge is -2.26. The molecule has 1 heterocycles. The van der Waals surface area contributed by atoms with Gasteiger partial charge in [-0.3, -0.25) is 9.36 Å². The van der Waals surface area contributed by atoms with Crippen LogP contribution in [0.2, 0.25) is 5.02 Å². The Kier molecular flexibility index (Phi) is 7.19. The van der Waals surface area contributed by atoms with E-state index in [4.69, 9.17) is 16.3 Å². The van der Waals surface area contributed by atoms with Crippen LogP contribution in [0.1, 0.15) is 53.2 Å². The third-order valence-electron chi connectivity index (χ3n) is 5.93. The number of carbonyl (C=O) groups is 2. The molecule has 2 aromatic carbocycles. The Hall–Kier alpha value is -3.94. The smallest absolute Gasteiger partial charge is 0.425 e. The monoisotopic (exact) mass is 560 g/mol. The van der Waals surface area contributed by atoms with Gasteiger partial charge in [0.25, 0.3) is 5.91 Å². The van der Waals surface area contributed by atoms with Crippen molar-refractivity contribution in [3.63, 3.8) is 0 Å². The fourth-order valence-corrected chi connectivity index (χ4v) is 3.90. The summed E-state index contributed by atoms with van der Waals surface area (Å²) in [4.78, 5) is 37.5. The van der Waals surface area contributed by atoms with Gasteiger partial charge in [0.15, 0.2) is 6.10 Å². The van der Waals surface area contributed by atoms with E-state index >= 15 is 4.39 Å². The van der Waals surface area contributed by atoms with Crippen molar-refractivity contribution in [2.45, 2.75) is 44.5 Å². The molecular weight excluding hydrogens is 543 g/mol. The Morgan fingerprint density at radius 1 is 1.21 bits per heavy atom. The summed E-state index contributed by atoms with van der Waals surface area (Å²) in [5.41, 5.74) is -3.11. The predicted octanol–water partition coefficient (Wildman–Crippen LogP) is 4.97. The molecule has 3 aromatic rings. The quantitative estimate of drug-likeness (QED) is 0.394. The number of nitrogens with zero attached hydrogens (tertiary/aromatic N) is 3. The molecule has 1 aliphatic carbocycles. The minimum atomic E-state index is -4.91. The zero-order valence-corrected chi connectivity index (χ0v) is 20.1. The standard InChI is InChI=1S/C23H18ClF5N4O5/c1-10(23(27,28)29)38-17-9-16(33-22(37)32(11-4-2-5-11)19(31-33)21(35)36)15(26)8-12(17)20(34)30-18-13(24)6-3-7-14(18)25/h3,6-11H,2,4-5H2,1H3,(H,30,34)(H,35,36)/t10-/m0/s1. The number of nitrogens with one attached hydrogen (secondary N) is 1. The van der Waals surface area contributed by atoms with Crippen LogP contribution in [0.5, 0.6) is 5.75 Å². The minimum absolute atomic E-state index is 0.240. The zero-order valence-electron chi connectivity index (χ0n) is 19.4. The van der Waals surface area contributed by atoms with Crippen molar-refractivity contribution < 1.29 is 41.4 Å². The maximum absolute atomic E-state index is 15.2. The number of hydrogen-bond acceptors (Lipinski definition) is 5. The number of hydrogen-bond donors (Lipinski definition) is 2. The molecule has 1 saturated carbocycles. The molecule has 1 amide bonds. The van der Waals surface area contributed by atoms with E-state index in [1.54, 1.807) is 0 Å². The number of halogens is 6. The van der Waals surface area contributed by atoms with Gasteiger partial charge in [0.2, 0.25) is 5.82 Å². The maximum Gasteiger partial charge on any atom is 0.425 e. The molecule has 1 atom stereocenters. The average molecular weight is 561 g/mol. The first kappa shape index (κ1) is 27.1. The first-order chi connectivity index (χ1) is 17.8. The molecule has 0 bridgehead atoms. The van der Waals surface area contributed by atoms with Crippen LogP contribution in [0.15, 0.2) is 35.1 Å². The van der Waals surface area contributed by atoms with E-state index in [9.17, 15) is 37.1 Å². The molecule has 0 radical (unpaired) electrons. The van der Waals surface area contributed by atoms with Crippen LogP contribution < -0.4 is 15.7 Å². The van der Waals surface area contributed by atoms with Gasteiger partial charge < -0.3 is 15.2 Å². The van der Waals surface area contributed by atoms with Gasteiger partial charge >= 0.3 is 17.8 Å². The molecule has 9 nitrogen and oxygen atoms in total. The Balaban J connectivity index is 1.84. The fourth-order valence-electron chi connectivity index (χ4n) is 3.69. The highest BCUT2D eigenvalue weighted by Crippen LogP contribution is 2.34. The van der Waals surface area contributed by atoms with E-state index in [-0.39, 0.29) is 5.02 Å². The normalized spacial score (nSPS) is 14.6. The van der Waals surface area contributed by atoms with E-state index in [0.29, 0.717) is 36.6 Å². The van der Waals surface area contributed by atoms with Crippen LogP contribution in [-0.2, 0) is 0 Å². The summed E-state index contributed by atoms with van der Waals surface area (Å²) < 4.78 is 75.3. The number of alkyl halides is 3. The van der Waals surface area contributed by atoms with Crippen molar-refractivity contribution in [3.05, 3.63) is 68.9 Å². The number of para-hydroxylation sites is 1. The lowest BCUT2D eigenvalue weighted by atomic mass is 9.93. The number of aromatic carboxylic acids is 1. The number of ether oxygens (including phenoxy) is 1. The molecule has 0 unspecified atom stereocenters. The average Bonchev–Trinajstić information content (AvgIpc) is 3.12. The Morgan fingerprint density at radius 3 is 2.45 bits per heavy atom. The summed E-state index contributed by atoms with van der Waals surface area (Å²) in [6, 6.07) is 4.01. The zero-order chi connectivity index (χ0) is 27.9. The van der Waals surface area contributed by atoms with Crippen LogP contribution >= 0.6 is 11.6 Å². The number of anilines is 1. The fraction of sp³-hybridized carbons (Fsp3) is 0.304. The van der Waals surface area contributed by atoms with Crippen molar-refractivity contribution in [2.75, 3.05) is 5.32 Å². The summed E-state index contributed by atoms with van der Waals surface area (Å²) in [5, 5.41) is 15.0. The van der Waals surface area contributed by atoms with Gasteiger partial charge in [-0.05, 0) is 44.4 Å². The molecule has 2 N–H and O–H groups in total. The van der Waals surface area contributed by atoms with Crippen LogP contribution in [0, 0.1) is 11.6 Å². The first-order valence-electron chi connectivity index (χ1n) is 11.1. The second-order valence-corrected chi connectivity index (χ2v) is 8.84. The van der Waals surface area contributed by atoms with Crippen molar-refractivity contribution in [2.24, 2.45) is 0 Å². The summed E-state index contributed by atoms with van der Waals surface area (Å²) in [5.74, 6) is -6.67. The van der Waals surface area contributed by atoms with Crippen molar-refractivity contribution >= 4 is 29.2 Å². The molecular formula is C23H18ClF5N4O5. The highest BCUT2D eigenvalue weighted by atomic mass is 35.5. The van der Waals surface area contributed by atoms with Gasteiger partial charge in [-0.2, -0.15) is 17.9 Å². The molecule has 15 heteroatoms. The molecule has 1 fully saturated rings. The van der Waals surface area contributed by atoms with Crippen LogP contribution in [0.25, 0.3) is 5.69 Å². The Labute approximate surface area is 215 Å². The van der Waals surface area contributed by atoms with Crippen molar-refractivity contribution in [1.82, 2.24) is 14.3 Å². The van der Waals surface area contributed by atoms with Crippen LogP contribution in [-0.4, -0.2) is 43.6 Å². The Bertz CT molecular complexity index is 1460. The maximum atomic E-state index is 15.2. The van der Waals surface area contributed by atoms with Crippen LogP contribution in [0.3, 0.4) is 0 Å². The molecule has 1 aliphatic rings. The number of rotatable bonds is 7. The lowest BCUT2D eigenvalue weighted by molar-refractivity contribution is -0.189. The summed E-state index contributed by atoms with van der Waals surface area (Å²) in [7, 11) is 0. The number of amides is 1. The van der Waals surface area contributed by atoms with Crippen LogP contribution in [0.4, 0.5) is 27.6 Å². The second kappa shape index (κ2) is 10.1. The predicted molar refractivity (Wildman–Crippen MR) is 123 cm³/mol. The van der Waals surface area contributed by atoms with Crippen molar-refractivity contribution in [3.8, 4) is 11.4 Å². The SMILES string of the molecule is C[C@H](Oc1cc(-n2nc(C(=O)O)n(C3CCC3)c2=O)c(F)cc1C(=O)Nc1c(F)cccc1Cl)C(F)(F)F. The Morgan fingerprint density at radius 2 is 1.89 bits per heavy atom. The first-order valence-corrected chi connectivity index (χ1v) is 11.4. The van der Waals surface area contributed by atoms with Gasteiger partial charge in [-0.15, -0.1) is 5.10 Å². The molecule has 202 valence electrons. The van der Waals surface area contributed by atoms with E-state index in [2.05, 4.69) is 10.4 Å². The molecule has 4 rings (SSSR count). The summed E-state index contributed by atoms with van der Waals surface area (Å²) in [6.07, 6.45) is -5.73. The molecule has 0 aliphatic heterocycles. The molecule has 1 aromatic heterocycles. The van der Waals surface area contributed by atoms with E-state index < -0.39 is 76.0 Å². The highest BCUT2D eigenvalue weighted by Gasteiger charge is 2.39. The highest BCUT2D eigenvalue weighted by molar-refractivity contribution is 6.34. The van der Waals surface area contributed by atoms with Gasteiger partial charge in [-0.25, -0.2) is 18.4 Å². The molecule has 38 heavy (non-hydrogen) atoms. The topological polar surface area (TPSA) is 115 Å². The number of carbonyl (C=O) groups excluding carboxylic acids is 1. The number of carboxylic acids is 1. The summed E-state index contributed by atoms with van der Waals surface area (Å²) in [6.45, 7) is 0.623. The van der Waals surface area contributed by atoms with Gasteiger partial charge in [0, 0.05) is 12.1 Å². The van der Waals surface area contributed by atoms with Gasteiger partial charge in [0.1, 0.15) is 23.1 Å². The third kappa shape index (κ3) is 5.08. The number of benzene rings is 2. The molecule has 0 saturated heterocycles. The van der Waals surface area contributed by atoms with E-state index in [1.165, 1.54) is 12.1 Å². The second-order valence-electron chi connectivity index (χ2n) is 8.43. The largest absolute Gasteiger partial charge is 0.480 e. The summed E-state index contributed by atoms with van der Waals surface area (Å²) >= 11 is 5.88. The number of aromatic nitrogens is 3. The van der Waals surface area contributed by atoms with E-state index in [1.807, 2.05) is 0 Å². The minimum Gasteiger partial charge on any atom is -0.480 e.